The molecule has 11 heteroatoms. The van der Waals surface area contributed by atoms with Crippen molar-refractivity contribution in [1.29, 1.82) is 0 Å². The molecule has 2 bridgehead atoms. The maximum absolute atomic E-state index is 12.4. The quantitative estimate of drug-likeness (QED) is 0.407. The fourth-order valence-corrected chi connectivity index (χ4v) is 5.55. The summed E-state index contributed by atoms with van der Waals surface area (Å²) in [5.41, 5.74) is -1.74. The van der Waals surface area contributed by atoms with Gasteiger partial charge in [-0.2, -0.15) is 21.6 Å². The lowest BCUT2D eigenvalue weighted by molar-refractivity contribution is -0.176. The summed E-state index contributed by atoms with van der Waals surface area (Å²) in [7, 11) is -3.68. The molecule has 3 aliphatic rings. The molecule has 1 aliphatic heterocycles. The van der Waals surface area contributed by atoms with Crippen molar-refractivity contribution in [1.82, 2.24) is 0 Å². The van der Waals surface area contributed by atoms with E-state index >= 15 is 0 Å². The third-order valence-corrected chi connectivity index (χ3v) is 6.64. The van der Waals surface area contributed by atoms with E-state index in [-0.39, 0.29) is 11.8 Å². The van der Waals surface area contributed by atoms with Crippen molar-refractivity contribution < 1.29 is 44.8 Å². The Morgan fingerprint density at radius 3 is 2.52 bits per heavy atom. The highest BCUT2D eigenvalue weighted by atomic mass is 32.2. The molecule has 0 aromatic carbocycles. The molecule has 6 unspecified atom stereocenters. The molecule has 0 aromatic heterocycles. The van der Waals surface area contributed by atoms with E-state index < -0.39 is 57.4 Å². The zero-order chi connectivity index (χ0) is 18.7. The molecule has 1 saturated heterocycles. The fourth-order valence-electron chi connectivity index (χ4n) is 3.67. The lowest BCUT2D eigenvalue weighted by atomic mass is 9.94. The summed E-state index contributed by atoms with van der Waals surface area (Å²) < 4.78 is 75.3. The molecule has 6 atom stereocenters. The van der Waals surface area contributed by atoms with Crippen molar-refractivity contribution in [2.24, 2.45) is 11.8 Å². The van der Waals surface area contributed by atoms with Crippen LogP contribution >= 0.6 is 0 Å². The van der Waals surface area contributed by atoms with Crippen LogP contribution in [0.25, 0.3) is 0 Å². The second-order valence-electron chi connectivity index (χ2n) is 6.41. The van der Waals surface area contributed by atoms with Crippen LogP contribution in [0.1, 0.15) is 19.8 Å². The Balaban J connectivity index is 1.60. The normalized spacial score (nSPS) is 36.1. The van der Waals surface area contributed by atoms with Crippen LogP contribution in [-0.2, 0) is 33.4 Å². The third kappa shape index (κ3) is 3.03. The molecule has 0 amide bonds. The molecule has 140 valence electrons. The first-order valence-electron chi connectivity index (χ1n) is 7.51. The van der Waals surface area contributed by atoms with Gasteiger partial charge in [-0.3, -0.25) is 4.18 Å². The van der Waals surface area contributed by atoms with Crippen LogP contribution in [0.15, 0.2) is 12.2 Å². The summed E-state index contributed by atoms with van der Waals surface area (Å²) in [5.74, 6) is -3.29. The first kappa shape index (κ1) is 18.2. The van der Waals surface area contributed by atoms with Crippen molar-refractivity contribution in [3.05, 3.63) is 12.2 Å². The average Bonchev–Trinajstić information content (AvgIpc) is 3.09. The van der Waals surface area contributed by atoms with Crippen LogP contribution in [0.4, 0.5) is 13.2 Å². The number of carbonyl (C=O) groups is 2. The van der Waals surface area contributed by atoms with Crippen LogP contribution in [-0.4, -0.2) is 50.1 Å². The summed E-state index contributed by atoms with van der Waals surface area (Å²) >= 11 is 0. The number of alkyl halides is 3. The van der Waals surface area contributed by atoms with Gasteiger partial charge in [-0.1, -0.05) is 6.58 Å². The largest absolute Gasteiger partial charge is 0.457 e. The second-order valence-corrected chi connectivity index (χ2v) is 8.20. The summed E-state index contributed by atoms with van der Waals surface area (Å²) in [6.07, 6.45) is -7.33. The number of rotatable bonds is 4. The van der Waals surface area contributed by atoms with E-state index in [2.05, 4.69) is 11.3 Å². The Labute approximate surface area is 141 Å². The molecular formula is C14H15F3O7S. The molecule has 2 aliphatic carbocycles. The molecule has 0 aromatic rings. The second kappa shape index (κ2) is 5.70. The van der Waals surface area contributed by atoms with Gasteiger partial charge in [-0.15, -0.1) is 0 Å². The van der Waals surface area contributed by atoms with E-state index in [1.165, 1.54) is 0 Å². The maximum atomic E-state index is 12.4. The van der Waals surface area contributed by atoms with Crippen LogP contribution in [0, 0.1) is 11.8 Å². The molecule has 1 heterocycles. The van der Waals surface area contributed by atoms with E-state index in [1.807, 2.05) is 0 Å². The van der Waals surface area contributed by atoms with Crippen LogP contribution < -0.4 is 0 Å². The highest BCUT2D eigenvalue weighted by molar-refractivity contribution is 7.87. The zero-order valence-corrected chi connectivity index (χ0v) is 13.8. The standard InChI is InChI=1S/C14H15F3O7S/c1-5(14(15,16)17)12(18)22-6(2)13(19)23-10-7-3-8-9(4-7)25(20,21)24-11(8)10/h6-11H,1,3-4H2,2H3. The minimum atomic E-state index is -4.97. The highest BCUT2D eigenvalue weighted by Crippen LogP contribution is 2.55. The molecule has 0 radical (unpaired) electrons. The Hall–Kier alpha value is -1.62. The summed E-state index contributed by atoms with van der Waals surface area (Å²) in [4.78, 5) is 23.3. The predicted molar refractivity (Wildman–Crippen MR) is 74.4 cm³/mol. The Morgan fingerprint density at radius 1 is 1.28 bits per heavy atom. The van der Waals surface area contributed by atoms with Gasteiger partial charge in [0, 0.05) is 11.8 Å². The van der Waals surface area contributed by atoms with Crippen LogP contribution in [0.3, 0.4) is 0 Å². The predicted octanol–water partition coefficient (Wildman–Crippen LogP) is 1.09. The van der Waals surface area contributed by atoms with E-state index in [4.69, 9.17) is 8.92 Å². The van der Waals surface area contributed by atoms with Gasteiger partial charge < -0.3 is 9.47 Å². The van der Waals surface area contributed by atoms with E-state index in [1.54, 1.807) is 0 Å². The van der Waals surface area contributed by atoms with Gasteiger partial charge in [0.05, 0.1) is 5.25 Å². The molecule has 7 nitrogen and oxygen atoms in total. The maximum Gasteiger partial charge on any atom is 0.422 e. The fraction of sp³-hybridized carbons (Fsp3) is 0.714. The zero-order valence-electron chi connectivity index (χ0n) is 13.0. The van der Waals surface area contributed by atoms with Crippen molar-refractivity contribution in [2.75, 3.05) is 0 Å². The van der Waals surface area contributed by atoms with Gasteiger partial charge in [-0.05, 0) is 19.8 Å². The Morgan fingerprint density at radius 2 is 1.92 bits per heavy atom. The molecule has 3 rings (SSSR count). The monoisotopic (exact) mass is 384 g/mol. The number of esters is 2. The van der Waals surface area contributed by atoms with Gasteiger partial charge in [0.2, 0.25) is 0 Å². The van der Waals surface area contributed by atoms with Gasteiger partial charge in [0.15, 0.2) is 6.10 Å². The summed E-state index contributed by atoms with van der Waals surface area (Å²) in [6, 6.07) is 0. The number of ether oxygens (including phenoxy) is 2. The highest BCUT2D eigenvalue weighted by Gasteiger charge is 2.65. The lowest BCUT2D eigenvalue weighted by Crippen LogP contribution is -2.40. The molecule has 2 saturated carbocycles. The van der Waals surface area contributed by atoms with Crippen molar-refractivity contribution in [3.63, 3.8) is 0 Å². The number of carbonyl (C=O) groups excluding carboxylic acids is 2. The molecule has 0 N–H and O–H groups in total. The van der Waals surface area contributed by atoms with E-state index in [0.29, 0.717) is 12.8 Å². The van der Waals surface area contributed by atoms with E-state index in [0.717, 1.165) is 6.92 Å². The van der Waals surface area contributed by atoms with Gasteiger partial charge in [0.1, 0.15) is 17.8 Å². The molecule has 3 fully saturated rings. The minimum Gasteiger partial charge on any atom is -0.457 e. The van der Waals surface area contributed by atoms with Crippen molar-refractivity contribution in [3.8, 4) is 0 Å². The minimum absolute atomic E-state index is 0.200. The van der Waals surface area contributed by atoms with Crippen LogP contribution in [0.2, 0.25) is 0 Å². The Bertz CT molecular complexity index is 729. The topological polar surface area (TPSA) is 96.0 Å². The van der Waals surface area contributed by atoms with Gasteiger partial charge in [-0.25, -0.2) is 9.59 Å². The van der Waals surface area contributed by atoms with Crippen LogP contribution in [0.5, 0.6) is 0 Å². The summed E-state index contributed by atoms with van der Waals surface area (Å²) in [6.45, 7) is 3.64. The first-order chi connectivity index (χ1) is 11.4. The number of hydrogen-bond acceptors (Lipinski definition) is 7. The smallest absolute Gasteiger partial charge is 0.422 e. The SMILES string of the molecule is C=C(C(=O)OC(C)C(=O)OC1C2CC3C1OS(=O)(=O)C3C2)C(F)(F)F. The number of fused-ring (bicyclic) bond motifs is 1. The first-order valence-corrected chi connectivity index (χ1v) is 8.98. The molecule has 25 heavy (non-hydrogen) atoms. The molecular weight excluding hydrogens is 369 g/mol. The van der Waals surface area contributed by atoms with Crippen molar-refractivity contribution >= 4 is 22.1 Å². The number of hydrogen-bond donors (Lipinski definition) is 0. The van der Waals surface area contributed by atoms with Gasteiger partial charge >= 0.3 is 18.1 Å². The Kier molecular flexibility index (Phi) is 4.14. The number of halogens is 3. The van der Waals surface area contributed by atoms with E-state index in [9.17, 15) is 31.2 Å². The van der Waals surface area contributed by atoms with Crippen molar-refractivity contribution in [2.45, 2.75) is 49.5 Å². The average molecular weight is 384 g/mol. The summed E-state index contributed by atoms with van der Waals surface area (Å²) in [5, 5.41) is -0.595. The third-order valence-electron chi connectivity index (χ3n) is 4.87. The van der Waals surface area contributed by atoms with Gasteiger partial charge in [0.25, 0.3) is 10.1 Å². The molecule has 0 spiro atoms. The lowest BCUT2D eigenvalue weighted by Gasteiger charge is -2.26.